The number of aliphatic hydroxyl groups excluding tert-OH is 2. The van der Waals surface area contributed by atoms with Crippen molar-refractivity contribution in [3.8, 4) is 0 Å². The van der Waals surface area contributed by atoms with E-state index in [1.165, 1.54) is 6.92 Å². The number of aliphatic hydroxyl groups is 4. The van der Waals surface area contributed by atoms with Crippen LogP contribution in [0.3, 0.4) is 0 Å². The van der Waals surface area contributed by atoms with Gasteiger partial charge >= 0.3 is 107 Å². The molecule has 0 saturated heterocycles. The Morgan fingerprint density at radius 3 is 1.09 bits per heavy atom. The SMILES string of the molecule is CC(O)CO.O=C(O)CC(O)(CC(=O)O)C(=O)O.O=C([O-])CC(O)(CC(=O)[O-])C(=O)[O-].[Na+].[Na+].[Na+]. The van der Waals surface area contributed by atoms with Crippen LogP contribution in [0.1, 0.15) is 32.6 Å². The van der Waals surface area contributed by atoms with Gasteiger partial charge in [-0.15, -0.1) is 0 Å². The van der Waals surface area contributed by atoms with E-state index in [9.17, 15) is 44.1 Å². The molecule has 0 aliphatic carbocycles. The number of carbonyl (C=O) groups excluding carboxylic acids is 3. The summed E-state index contributed by atoms with van der Waals surface area (Å²) in [6.45, 7) is 1.39. The minimum Gasteiger partial charge on any atom is -0.550 e. The van der Waals surface area contributed by atoms with Gasteiger partial charge in [0, 0.05) is 24.8 Å². The van der Waals surface area contributed by atoms with Gasteiger partial charge in [0.2, 0.25) is 0 Å². The van der Waals surface area contributed by atoms with E-state index in [1.54, 1.807) is 0 Å². The first-order chi connectivity index (χ1) is 13.8. The molecule has 180 valence electrons. The first kappa shape index (κ1) is 46.9. The Bertz CT molecular complexity index is 582. The molecule has 0 fully saturated rings. The number of hydrogen-bond donors (Lipinski definition) is 7. The van der Waals surface area contributed by atoms with Crippen molar-refractivity contribution in [2.45, 2.75) is 49.9 Å². The third-order valence-electron chi connectivity index (χ3n) is 2.80. The zero-order valence-corrected chi connectivity index (χ0v) is 24.9. The van der Waals surface area contributed by atoms with Crippen LogP contribution in [-0.4, -0.2) is 95.5 Å². The molecular formula is C15H21Na3O16. The topological polar surface area (TPSA) is 313 Å². The van der Waals surface area contributed by atoms with E-state index < -0.39 is 78.8 Å². The van der Waals surface area contributed by atoms with E-state index in [2.05, 4.69) is 0 Å². The Morgan fingerprint density at radius 2 is 0.971 bits per heavy atom. The van der Waals surface area contributed by atoms with Crippen molar-refractivity contribution < 1.29 is 169 Å². The minimum atomic E-state index is -2.97. The monoisotopic (exact) mass is 526 g/mol. The first-order valence-electron chi connectivity index (χ1n) is 7.84. The molecule has 0 amide bonds. The van der Waals surface area contributed by atoms with Gasteiger partial charge < -0.3 is 65.4 Å². The summed E-state index contributed by atoms with van der Waals surface area (Å²) in [5, 5.41) is 88.7. The number of rotatable bonds is 11. The van der Waals surface area contributed by atoms with Crippen LogP contribution in [0, 0.1) is 0 Å². The van der Waals surface area contributed by atoms with Gasteiger partial charge in [-0.05, 0) is 6.92 Å². The van der Waals surface area contributed by atoms with E-state index in [0.29, 0.717) is 0 Å². The average Bonchev–Trinajstić information content (AvgIpc) is 2.52. The number of aliphatic carboxylic acids is 6. The fourth-order valence-electron chi connectivity index (χ4n) is 1.40. The second-order valence-corrected chi connectivity index (χ2v) is 5.93. The van der Waals surface area contributed by atoms with Crippen LogP contribution in [0.25, 0.3) is 0 Å². The van der Waals surface area contributed by atoms with Crippen molar-refractivity contribution in [1.29, 1.82) is 0 Å². The van der Waals surface area contributed by atoms with Crippen LogP contribution in [0.4, 0.5) is 0 Å². The maximum Gasteiger partial charge on any atom is 1.00 e. The molecule has 0 aromatic rings. The summed E-state index contributed by atoms with van der Waals surface area (Å²) in [5.74, 6) is -11.0. The maximum atomic E-state index is 10.3. The summed E-state index contributed by atoms with van der Waals surface area (Å²) in [6, 6.07) is 0. The van der Waals surface area contributed by atoms with E-state index in [4.69, 9.17) is 35.7 Å². The predicted octanol–water partition coefficient (Wildman–Crippen LogP) is -16.1. The van der Waals surface area contributed by atoms with E-state index in [1.807, 2.05) is 0 Å². The molecule has 0 aliphatic heterocycles. The van der Waals surface area contributed by atoms with Crippen LogP contribution in [0.2, 0.25) is 0 Å². The Balaban J connectivity index is -0.0000000897. The summed E-state index contributed by atoms with van der Waals surface area (Å²) in [6.07, 6.45) is -5.56. The van der Waals surface area contributed by atoms with Gasteiger partial charge in [0.1, 0.15) is 5.60 Å². The second kappa shape index (κ2) is 23.1. The zero-order chi connectivity index (χ0) is 25.6. The number of carboxylic acids is 6. The minimum absolute atomic E-state index is 0. The van der Waals surface area contributed by atoms with E-state index in [-0.39, 0.29) is 95.3 Å². The summed E-state index contributed by atoms with van der Waals surface area (Å²) in [7, 11) is 0. The van der Waals surface area contributed by atoms with Crippen LogP contribution >= 0.6 is 0 Å². The number of hydrogen-bond acceptors (Lipinski definition) is 13. The van der Waals surface area contributed by atoms with Gasteiger partial charge in [-0.2, -0.15) is 0 Å². The molecule has 19 heteroatoms. The molecule has 0 aromatic carbocycles. The molecule has 0 radical (unpaired) electrons. The van der Waals surface area contributed by atoms with Gasteiger partial charge in [-0.3, -0.25) is 9.59 Å². The van der Waals surface area contributed by atoms with Crippen molar-refractivity contribution in [3.63, 3.8) is 0 Å². The molecule has 0 saturated carbocycles. The smallest absolute Gasteiger partial charge is 0.550 e. The van der Waals surface area contributed by atoms with Gasteiger partial charge in [0.15, 0.2) is 5.60 Å². The summed E-state index contributed by atoms with van der Waals surface area (Å²) in [5.41, 5.74) is -5.71. The molecule has 0 bridgehead atoms. The summed E-state index contributed by atoms with van der Waals surface area (Å²) >= 11 is 0. The molecule has 7 N–H and O–H groups in total. The predicted molar refractivity (Wildman–Crippen MR) is 85.1 cm³/mol. The van der Waals surface area contributed by atoms with Crippen molar-refractivity contribution in [1.82, 2.24) is 0 Å². The molecule has 16 nitrogen and oxygen atoms in total. The quantitative estimate of drug-likeness (QED) is 0.123. The third kappa shape index (κ3) is 26.3. The molecule has 0 spiro atoms. The van der Waals surface area contributed by atoms with Crippen LogP contribution in [0.5, 0.6) is 0 Å². The number of carbonyl (C=O) groups is 6. The molecule has 0 heterocycles. The maximum absolute atomic E-state index is 10.3. The standard InChI is InChI=1S/2C6H8O7.C3H8O2.3Na/c2*7-3(8)1-6(13,5(11)12)2-4(9)10;1-3(5)2-4;;;/h2*13H,1-2H2,(H,7,8)(H,9,10)(H,11,12);3-5H,2H2,1H3;;;/q;;;3*+1/p-3. The molecule has 34 heavy (non-hydrogen) atoms. The van der Waals surface area contributed by atoms with Crippen molar-refractivity contribution in [2.75, 3.05) is 6.61 Å². The van der Waals surface area contributed by atoms with Gasteiger partial charge in [0.05, 0.1) is 31.5 Å². The Kier molecular flexibility index (Phi) is 31.9. The second-order valence-electron chi connectivity index (χ2n) is 5.93. The van der Waals surface area contributed by atoms with E-state index in [0.717, 1.165) is 0 Å². The molecule has 0 aromatic heterocycles. The summed E-state index contributed by atoms with van der Waals surface area (Å²) < 4.78 is 0. The third-order valence-corrected chi connectivity index (χ3v) is 2.80. The van der Waals surface area contributed by atoms with Gasteiger partial charge in [-0.1, -0.05) is 0 Å². The number of carboxylic acid groups (broad SMARTS) is 6. The van der Waals surface area contributed by atoms with Crippen molar-refractivity contribution in [2.24, 2.45) is 0 Å². The fourth-order valence-corrected chi connectivity index (χ4v) is 1.40. The zero-order valence-electron chi connectivity index (χ0n) is 18.9. The van der Waals surface area contributed by atoms with Crippen LogP contribution < -0.4 is 104 Å². The first-order valence-corrected chi connectivity index (χ1v) is 7.84. The van der Waals surface area contributed by atoms with Crippen molar-refractivity contribution in [3.05, 3.63) is 0 Å². The van der Waals surface area contributed by atoms with Gasteiger partial charge in [-0.25, -0.2) is 4.79 Å². The molecule has 0 rings (SSSR count). The molecular weight excluding hydrogens is 505 g/mol. The largest absolute Gasteiger partial charge is 1.00 e. The van der Waals surface area contributed by atoms with Crippen LogP contribution in [0.15, 0.2) is 0 Å². The van der Waals surface area contributed by atoms with Crippen molar-refractivity contribution >= 4 is 35.8 Å². The average molecular weight is 526 g/mol. The Morgan fingerprint density at radius 1 is 0.706 bits per heavy atom. The molecule has 0 aliphatic rings. The fraction of sp³-hybridized carbons (Fsp3) is 0.600. The Hall–Kier alpha value is -0.340. The van der Waals surface area contributed by atoms with Crippen LogP contribution in [-0.2, 0) is 28.8 Å². The summed E-state index contributed by atoms with van der Waals surface area (Å²) in [4.78, 5) is 60.5. The molecule has 1 atom stereocenters. The Labute approximate surface area is 258 Å². The normalized spacial score (nSPS) is 10.5. The van der Waals surface area contributed by atoms with Gasteiger partial charge in [0.25, 0.3) is 0 Å². The molecule has 1 unspecified atom stereocenters. The van der Waals surface area contributed by atoms with E-state index >= 15 is 0 Å².